The zero-order chi connectivity index (χ0) is 20.8. The largest absolute Gasteiger partial charge is 0.496 e. The summed E-state index contributed by atoms with van der Waals surface area (Å²) >= 11 is 7.00. The maximum atomic E-state index is 12.3. The maximum Gasteiger partial charge on any atom is 0.286 e. The van der Waals surface area contributed by atoms with Crippen LogP contribution in [0.2, 0.25) is 5.02 Å². The third-order valence-corrected chi connectivity index (χ3v) is 5.76. The van der Waals surface area contributed by atoms with Crippen LogP contribution in [0, 0.1) is 0 Å². The van der Waals surface area contributed by atoms with E-state index in [-0.39, 0.29) is 22.3 Å². The van der Waals surface area contributed by atoms with Crippen molar-refractivity contribution in [3.63, 3.8) is 0 Å². The van der Waals surface area contributed by atoms with Crippen molar-refractivity contribution in [1.29, 1.82) is 0 Å². The lowest BCUT2D eigenvalue weighted by atomic mass is 10.0. The number of nitrogens with one attached hydrogen (secondary N) is 2. The van der Waals surface area contributed by atoms with Crippen LogP contribution in [0.3, 0.4) is 0 Å². The Morgan fingerprint density at radius 2 is 1.90 bits per heavy atom. The zero-order valence-electron chi connectivity index (χ0n) is 15.9. The fourth-order valence-corrected chi connectivity index (χ4v) is 4.06. The molecule has 1 aliphatic rings. The number of hydrogen-bond donors (Lipinski definition) is 2. The number of hydrogen-bond acceptors (Lipinski definition) is 5. The van der Waals surface area contributed by atoms with Gasteiger partial charge in [-0.15, -0.1) is 0 Å². The highest BCUT2D eigenvalue weighted by Crippen LogP contribution is 2.24. The Balaban J connectivity index is 1.45. The summed E-state index contributed by atoms with van der Waals surface area (Å²) < 4.78 is 5.20. The molecule has 1 atom stereocenters. The molecule has 1 heterocycles. The molecule has 0 aromatic heterocycles. The molecule has 1 saturated heterocycles. The summed E-state index contributed by atoms with van der Waals surface area (Å²) in [5, 5.41) is 5.03. The number of carbonyl (C=O) groups is 3. The number of halogens is 1. The van der Waals surface area contributed by atoms with Gasteiger partial charge in [-0.05, 0) is 48.6 Å². The molecule has 3 rings (SSSR count). The Labute approximate surface area is 178 Å². The summed E-state index contributed by atoms with van der Waals surface area (Å²) in [7, 11) is 1.51. The Bertz CT molecular complexity index is 917. The van der Waals surface area contributed by atoms with Crippen LogP contribution in [0.1, 0.15) is 27.9 Å². The molecule has 152 valence electrons. The number of ether oxygens (including phenoxy) is 1. The number of rotatable bonds is 8. The number of thioether (sulfide) groups is 1. The van der Waals surface area contributed by atoms with Gasteiger partial charge in [0, 0.05) is 11.6 Å². The van der Waals surface area contributed by atoms with Gasteiger partial charge in [-0.2, -0.15) is 0 Å². The van der Waals surface area contributed by atoms with E-state index in [4.69, 9.17) is 16.3 Å². The van der Waals surface area contributed by atoms with Crippen LogP contribution in [-0.2, 0) is 17.6 Å². The molecule has 0 bridgehead atoms. The number of amides is 3. The minimum absolute atomic E-state index is 0.221. The van der Waals surface area contributed by atoms with Gasteiger partial charge in [0.05, 0.1) is 17.9 Å². The quantitative estimate of drug-likeness (QED) is 0.622. The van der Waals surface area contributed by atoms with E-state index in [1.807, 2.05) is 24.3 Å². The Hall–Kier alpha value is -2.51. The minimum Gasteiger partial charge on any atom is -0.496 e. The SMILES string of the molecule is COc1ccc(Cl)cc1C(=O)NCCCc1ccc(C[C@H]2SC(=O)NC2=O)cc1. The molecule has 1 aliphatic heterocycles. The van der Waals surface area contributed by atoms with Crippen molar-refractivity contribution in [2.75, 3.05) is 13.7 Å². The first-order valence-electron chi connectivity index (χ1n) is 9.17. The molecular formula is C21H21ClN2O4S. The van der Waals surface area contributed by atoms with Gasteiger partial charge < -0.3 is 10.1 Å². The number of methoxy groups -OCH3 is 1. The highest BCUT2D eigenvalue weighted by molar-refractivity contribution is 8.15. The average Bonchev–Trinajstić information content (AvgIpc) is 3.03. The highest BCUT2D eigenvalue weighted by Gasteiger charge is 2.31. The summed E-state index contributed by atoms with van der Waals surface area (Å²) in [5.74, 6) is 0.0380. The van der Waals surface area contributed by atoms with E-state index in [0.29, 0.717) is 29.3 Å². The third-order valence-electron chi connectivity index (χ3n) is 4.54. The van der Waals surface area contributed by atoms with Crippen LogP contribution in [0.5, 0.6) is 5.75 Å². The van der Waals surface area contributed by atoms with Gasteiger partial charge >= 0.3 is 0 Å². The molecule has 0 spiro atoms. The van der Waals surface area contributed by atoms with Gasteiger partial charge in [0.25, 0.3) is 11.1 Å². The number of benzene rings is 2. The molecule has 8 heteroatoms. The van der Waals surface area contributed by atoms with Crippen LogP contribution >= 0.6 is 23.4 Å². The van der Waals surface area contributed by atoms with E-state index in [0.717, 1.165) is 35.7 Å². The Kier molecular flexibility index (Phi) is 7.17. The zero-order valence-corrected chi connectivity index (χ0v) is 17.4. The van der Waals surface area contributed by atoms with Gasteiger partial charge in [-0.25, -0.2) is 0 Å². The first-order valence-corrected chi connectivity index (χ1v) is 10.4. The molecule has 0 unspecified atom stereocenters. The first-order chi connectivity index (χ1) is 14.0. The fraction of sp³-hybridized carbons (Fsp3) is 0.286. The van der Waals surface area contributed by atoms with Crippen molar-refractivity contribution in [1.82, 2.24) is 10.6 Å². The second-order valence-corrected chi connectivity index (χ2v) is 8.22. The molecule has 0 aliphatic carbocycles. The van der Waals surface area contributed by atoms with Gasteiger partial charge in [-0.1, -0.05) is 47.6 Å². The monoisotopic (exact) mass is 432 g/mol. The molecule has 0 radical (unpaired) electrons. The van der Waals surface area contributed by atoms with Crippen LogP contribution in [0.15, 0.2) is 42.5 Å². The molecule has 29 heavy (non-hydrogen) atoms. The standard InChI is InChI=1S/C21H21ClN2O4S/c1-28-17-9-8-15(22)12-16(17)19(25)23-10-2-3-13-4-6-14(7-5-13)11-18-20(26)24-21(27)29-18/h4-9,12,18H,2-3,10-11H2,1H3,(H,23,25)(H,24,26,27)/t18-/m1/s1. The molecule has 3 amide bonds. The normalized spacial score (nSPS) is 15.9. The second-order valence-electron chi connectivity index (χ2n) is 6.61. The number of imide groups is 1. The third kappa shape index (κ3) is 5.74. The summed E-state index contributed by atoms with van der Waals surface area (Å²) in [6.07, 6.45) is 2.12. The van der Waals surface area contributed by atoms with Crippen molar-refractivity contribution in [2.45, 2.75) is 24.5 Å². The lowest BCUT2D eigenvalue weighted by molar-refractivity contribution is -0.118. The van der Waals surface area contributed by atoms with Crippen molar-refractivity contribution in [3.8, 4) is 5.75 Å². The van der Waals surface area contributed by atoms with Gasteiger partial charge in [-0.3, -0.25) is 19.7 Å². The van der Waals surface area contributed by atoms with Crippen molar-refractivity contribution < 1.29 is 19.1 Å². The average molecular weight is 433 g/mol. The van der Waals surface area contributed by atoms with Crippen LogP contribution in [-0.4, -0.2) is 36.0 Å². The molecule has 2 aromatic rings. The molecule has 2 N–H and O–H groups in total. The van der Waals surface area contributed by atoms with Gasteiger partial charge in [0.2, 0.25) is 5.91 Å². The first kappa shape index (κ1) is 21.2. The lowest BCUT2D eigenvalue weighted by Crippen LogP contribution is -2.25. The van der Waals surface area contributed by atoms with E-state index in [1.54, 1.807) is 18.2 Å². The minimum atomic E-state index is -0.355. The van der Waals surface area contributed by atoms with Crippen LogP contribution < -0.4 is 15.4 Å². The summed E-state index contributed by atoms with van der Waals surface area (Å²) in [5.41, 5.74) is 2.57. The van der Waals surface area contributed by atoms with E-state index < -0.39 is 0 Å². The molecule has 1 fully saturated rings. The van der Waals surface area contributed by atoms with Crippen molar-refractivity contribution in [2.24, 2.45) is 0 Å². The van der Waals surface area contributed by atoms with E-state index >= 15 is 0 Å². The van der Waals surface area contributed by atoms with E-state index in [9.17, 15) is 14.4 Å². The molecule has 0 saturated carbocycles. The van der Waals surface area contributed by atoms with Crippen molar-refractivity contribution >= 4 is 40.4 Å². The molecule has 2 aromatic carbocycles. The molecular weight excluding hydrogens is 412 g/mol. The summed E-state index contributed by atoms with van der Waals surface area (Å²) in [6.45, 7) is 0.525. The Morgan fingerprint density at radius 1 is 1.17 bits per heavy atom. The lowest BCUT2D eigenvalue weighted by Gasteiger charge is -2.10. The van der Waals surface area contributed by atoms with Crippen LogP contribution in [0.4, 0.5) is 4.79 Å². The number of carbonyl (C=O) groups excluding carboxylic acids is 3. The maximum absolute atomic E-state index is 12.3. The fourth-order valence-electron chi connectivity index (χ4n) is 3.03. The predicted molar refractivity (Wildman–Crippen MR) is 114 cm³/mol. The summed E-state index contributed by atoms with van der Waals surface area (Å²) in [4.78, 5) is 35.2. The van der Waals surface area contributed by atoms with Crippen LogP contribution in [0.25, 0.3) is 0 Å². The number of aryl methyl sites for hydroxylation is 1. The van der Waals surface area contributed by atoms with E-state index in [1.165, 1.54) is 7.11 Å². The van der Waals surface area contributed by atoms with Crippen molar-refractivity contribution in [3.05, 3.63) is 64.2 Å². The van der Waals surface area contributed by atoms with Gasteiger partial charge in [0.15, 0.2) is 0 Å². The predicted octanol–water partition coefficient (Wildman–Crippen LogP) is 3.61. The summed E-state index contributed by atoms with van der Waals surface area (Å²) in [6, 6.07) is 12.9. The topological polar surface area (TPSA) is 84.5 Å². The Morgan fingerprint density at radius 3 is 2.55 bits per heavy atom. The second kappa shape index (κ2) is 9.80. The van der Waals surface area contributed by atoms with E-state index in [2.05, 4.69) is 10.6 Å². The van der Waals surface area contributed by atoms with Gasteiger partial charge in [0.1, 0.15) is 5.75 Å². The smallest absolute Gasteiger partial charge is 0.286 e. The molecule has 6 nitrogen and oxygen atoms in total. The highest BCUT2D eigenvalue weighted by atomic mass is 35.5.